The largest absolute Gasteiger partial charge is 0.505 e. The van der Waals surface area contributed by atoms with Crippen LogP contribution in [0.1, 0.15) is 15.9 Å². The number of benzene rings is 4. The van der Waals surface area contributed by atoms with Gasteiger partial charge < -0.3 is 16.2 Å². The van der Waals surface area contributed by atoms with Gasteiger partial charge in [-0.1, -0.05) is 41.9 Å². The summed E-state index contributed by atoms with van der Waals surface area (Å²) in [5, 5.41) is 24.1. The van der Waals surface area contributed by atoms with E-state index in [0.29, 0.717) is 27.5 Å². The Morgan fingerprint density at radius 1 is 1.00 bits per heavy atom. The number of hydrogen-bond acceptors (Lipinski definition) is 5. The predicted octanol–water partition coefficient (Wildman–Crippen LogP) is 6.76. The minimum absolute atomic E-state index is 0.0873. The van der Waals surface area contributed by atoms with Crippen molar-refractivity contribution in [2.75, 3.05) is 11.1 Å². The highest BCUT2D eigenvalue weighted by Crippen LogP contribution is 2.39. The van der Waals surface area contributed by atoms with Gasteiger partial charge in [0.15, 0.2) is 5.75 Å². The summed E-state index contributed by atoms with van der Waals surface area (Å²) in [7, 11) is 0. The van der Waals surface area contributed by atoms with E-state index in [2.05, 4.69) is 15.5 Å². The zero-order valence-corrected chi connectivity index (χ0v) is 17.4. The van der Waals surface area contributed by atoms with E-state index in [-0.39, 0.29) is 17.0 Å². The summed E-state index contributed by atoms with van der Waals surface area (Å²) in [5.41, 5.74) is 8.60. The van der Waals surface area contributed by atoms with Crippen LogP contribution in [0.5, 0.6) is 5.75 Å². The van der Waals surface area contributed by atoms with Crippen LogP contribution in [0, 0.1) is 6.92 Å². The zero-order chi connectivity index (χ0) is 22.0. The van der Waals surface area contributed by atoms with Gasteiger partial charge in [-0.2, -0.15) is 5.11 Å². The number of phenolic OH excluding ortho intramolecular Hbond substituents is 1. The maximum atomic E-state index is 13.0. The Kier molecular flexibility index (Phi) is 5.56. The van der Waals surface area contributed by atoms with Gasteiger partial charge in [0, 0.05) is 21.8 Å². The highest BCUT2D eigenvalue weighted by atomic mass is 35.5. The molecule has 0 spiro atoms. The Labute approximate surface area is 184 Å². The minimum atomic E-state index is -0.474. The molecule has 0 unspecified atom stereocenters. The van der Waals surface area contributed by atoms with Gasteiger partial charge in [0.2, 0.25) is 0 Å². The summed E-state index contributed by atoms with van der Waals surface area (Å²) in [6.45, 7) is 1.86. The Bertz CT molecular complexity index is 1320. The highest BCUT2D eigenvalue weighted by molar-refractivity contribution is 6.31. The third-order valence-corrected chi connectivity index (χ3v) is 5.08. The lowest BCUT2D eigenvalue weighted by molar-refractivity contribution is 0.102. The van der Waals surface area contributed by atoms with Crippen LogP contribution in [0.15, 0.2) is 83.0 Å². The molecule has 0 saturated carbocycles. The Morgan fingerprint density at radius 2 is 1.74 bits per heavy atom. The number of aryl methyl sites for hydroxylation is 1. The number of nitrogen functional groups attached to an aromatic ring is 1. The number of azo groups is 1. The summed E-state index contributed by atoms with van der Waals surface area (Å²) in [6.07, 6.45) is 0. The third-order valence-electron chi connectivity index (χ3n) is 4.85. The summed E-state index contributed by atoms with van der Waals surface area (Å²) in [5.74, 6) is -0.729. The molecule has 0 atom stereocenters. The monoisotopic (exact) mass is 430 g/mol. The molecule has 1 amide bonds. The van der Waals surface area contributed by atoms with Crippen molar-refractivity contribution < 1.29 is 9.90 Å². The average Bonchev–Trinajstić information content (AvgIpc) is 2.76. The Balaban J connectivity index is 1.77. The summed E-state index contributed by atoms with van der Waals surface area (Å²) in [4.78, 5) is 13.0. The van der Waals surface area contributed by atoms with Gasteiger partial charge in [-0.15, -0.1) is 5.11 Å². The van der Waals surface area contributed by atoms with Crippen LogP contribution in [0.25, 0.3) is 10.8 Å². The first-order chi connectivity index (χ1) is 14.9. The maximum Gasteiger partial charge on any atom is 0.259 e. The highest BCUT2D eigenvalue weighted by Gasteiger charge is 2.19. The smallest absolute Gasteiger partial charge is 0.259 e. The SMILES string of the molecule is Cc1ccc(Cl)cc1NC(=O)c1cc2ccccc2c(N=Nc2ccc(N)cc2)c1O. The maximum absolute atomic E-state index is 13.0. The van der Waals surface area contributed by atoms with E-state index in [9.17, 15) is 9.90 Å². The lowest BCUT2D eigenvalue weighted by Gasteiger charge is -2.12. The van der Waals surface area contributed by atoms with E-state index in [1.807, 2.05) is 37.3 Å². The number of anilines is 2. The second-order valence-corrected chi connectivity index (χ2v) is 7.48. The lowest BCUT2D eigenvalue weighted by Crippen LogP contribution is -2.13. The molecule has 0 saturated heterocycles. The number of halogens is 1. The summed E-state index contributed by atoms with van der Waals surface area (Å²) in [6, 6.07) is 21.0. The number of carbonyl (C=O) groups excluding carboxylic acids is 1. The van der Waals surface area contributed by atoms with Gasteiger partial charge in [-0.05, 0) is 60.3 Å². The standard InChI is InChI=1S/C24H19ClN4O2/c1-14-6-7-16(25)13-21(14)27-24(31)20-12-15-4-2-3-5-19(15)22(23(20)30)29-28-18-10-8-17(26)9-11-18/h2-13,30H,26H2,1H3,(H,27,31). The Morgan fingerprint density at radius 3 is 2.52 bits per heavy atom. The fourth-order valence-corrected chi connectivity index (χ4v) is 3.33. The fourth-order valence-electron chi connectivity index (χ4n) is 3.16. The number of fused-ring (bicyclic) bond motifs is 1. The van der Waals surface area contributed by atoms with Gasteiger partial charge in [0.05, 0.1) is 11.3 Å². The van der Waals surface area contributed by atoms with E-state index in [0.717, 1.165) is 10.9 Å². The van der Waals surface area contributed by atoms with Crippen LogP contribution in [-0.4, -0.2) is 11.0 Å². The van der Waals surface area contributed by atoms with Gasteiger partial charge >= 0.3 is 0 Å². The molecule has 4 N–H and O–H groups in total. The van der Waals surface area contributed by atoms with E-state index in [4.69, 9.17) is 17.3 Å². The number of aromatic hydroxyl groups is 1. The number of hydrogen-bond donors (Lipinski definition) is 3. The number of nitrogens with one attached hydrogen (secondary N) is 1. The Hall–Kier alpha value is -3.90. The molecule has 4 aromatic carbocycles. The molecule has 154 valence electrons. The van der Waals surface area contributed by atoms with Crippen molar-refractivity contribution in [1.82, 2.24) is 0 Å². The van der Waals surface area contributed by atoms with Crippen molar-refractivity contribution in [2.45, 2.75) is 6.92 Å². The first-order valence-corrected chi connectivity index (χ1v) is 9.89. The molecule has 31 heavy (non-hydrogen) atoms. The summed E-state index contributed by atoms with van der Waals surface area (Å²) >= 11 is 6.05. The van der Waals surface area contributed by atoms with Crippen molar-refractivity contribution in [1.29, 1.82) is 0 Å². The number of nitrogens with zero attached hydrogens (tertiary/aromatic N) is 2. The van der Waals surface area contributed by atoms with Crippen LogP contribution in [0.2, 0.25) is 5.02 Å². The fraction of sp³-hybridized carbons (Fsp3) is 0.0417. The quantitative estimate of drug-likeness (QED) is 0.246. The van der Waals surface area contributed by atoms with E-state index < -0.39 is 5.91 Å². The van der Waals surface area contributed by atoms with Crippen molar-refractivity contribution in [2.24, 2.45) is 10.2 Å². The van der Waals surface area contributed by atoms with E-state index >= 15 is 0 Å². The molecule has 0 fully saturated rings. The zero-order valence-electron chi connectivity index (χ0n) is 16.6. The van der Waals surface area contributed by atoms with Crippen molar-refractivity contribution >= 4 is 51.0 Å². The lowest BCUT2D eigenvalue weighted by atomic mass is 10.0. The molecule has 0 heterocycles. The number of amides is 1. The number of carbonyl (C=O) groups is 1. The van der Waals surface area contributed by atoms with Crippen LogP contribution >= 0.6 is 11.6 Å². The van der Waals surface area contributed by atoms with Crippen molar-refractivity contribution in [3.8, 4) is 5.75 Å². The van der Waals surface area contributed by atoms with Crippen LogP contribution in [0.4, 0.5) is 22.7 Å². The molecule has 0 aliphatic heterocycles. The van der Waals surface area contributed by atoms with Gasteiger partial charge in [-0.3, -0.25) is 4.79 Å². The number of rotatable bonds is 4. The molecule has 6 nitrogen and oxygen atoms in total. The second-order valence-electron chi connectivity index (χ2n) is 7.05. The van der Waals surface area contributed by atoms with Crippen LogP contribution in [-0.2, 0) is 0 Å². The molecule has 4 rings (SSSR count). The molecular weight excluding hydrogens is 412 g/mol. The molecule has 7 heteroatoms. The van der Waals surface area contributed by atoms with Gasteiger partial charge in [0.1, 0.15) is 5.69 Å². The molecule has 0 radical (unpaired) electrons. The third kappa shape index (κ3) is 4.34. The van der Waals surface area contributed by atoms with E-state index in [1.54, 1.807) is 42.5 Å². The molecule has 0 aromatic heterocycles. The van der Waals surface area contributed by atoms with Crippen LogP contribution < -0.4 is 11.1 Å². The van der Waals surface area contributed by atoms with Gasteiger partial charge in [-0.25, -0.2) is 0 Å². The predicted molar refractivity (Wildman–Crippen MR) is 125 cm³/mol. The first kappa shape index (κ1) is 20.4. The number of nitrogens with two attached hydrogens (primary N) is 1. The first-order valence-electron chi connectivity index (χ1n) is 9.52. The molecule has 0 bridgehead atoms. The molecule has 4 aromatic rings. The van der Waals surface area contributed by atoms with Gasteiger partial charge in [0.25, 0.3) is 5.91 Å². The minimum Gasteiger partial charge on any atom is -0.505 e. The molecule has 0 aliphatic carbocycles. The number of phenols is 1. The van der Waals surface area contributed by atoms with E-state index in [1.165, 1.54) is 0 Å². The summed E-state index contributed by atoms with van der Waals surface area (Å²) < 4.78 is 0. The topological polar surface area (TPSA) is 100 Å². The van der Waals surface area contributed by atoms with Crippen molar-refractivity contribution in [3.05, 3.63) is 88.9 Å². The molecule has 0 aliphatic rings. The van der Waals surface area contributed by atoms with Crippen molar-refractivity contribution in [3.63, 3.8) is 0 Å². The second kappa shape index (κ2) is 8.45. The average molecular weight is 431 g/mol. The normalized spacial score (nSPS) is 11.2. The van der Waals surface area contributed by atoms with Crippen LogP contribution in [0.3, 0.4) is 0 Å². The molecular formula is C24H19ClN4O2.